The standard InChI is InChI=1S/C13H26N4O6/c1-10-11(16(8-22-4)12(18)14-6-20-2)17(9-23-5)13(19)15(10)7-21-3/h10-11H,6-9H2,1-5H3,(H,14,18). The summed E-state index contributed by atoms with van der Waals surface area (Å²) in [5.74, 6) is 0. The minimum atomic E-state index is -0.561. The van der Waals surface area contributed by atoms with Crippen LogP contribution in [0.2, 0.25) is 0 Å². The molecule has 10 nitrogen and oxygen atoms in total. The Morgan fingerprint density at radius 1 is 1.09 bits per heavy atom. The van der Waals surface area contributed by atoms with Crippen LogP contribution in [0.15, 0.2) is 0 Å². The molecule has 0 aliphatic carbocycles. The van der Waals surface area contributed by atoms with Crippen LogP contribution in [0.1, 0.15) is 6.92 Å². The van der Waals surface area contributed by atoms with Crippen LogP contribution in [0, 0.1) is 0 Å². The van der Waals surface area contributed by atoms with Crippen LogP contribution in [0.3, 0.4) is 0 Å². The summed E-state index contributed by atoms with van der Waals surface area (Å²) in [6.07, 6.45) is -0.561. The molecule has 134 valence electrons. The third-order valence-corrected chi connectivity index (χ3v) is 3.49. The zero-order valence-electron chi connectivity index (χ0n) is 14.3. The van der Waals surface area contributed by atoms with E-state index in [1.54, 1.807) is 0 Å². The van der Waals surface area contributed by atoms with Crippen LogP contribution in [0.25, 0.3) is 0 Å². The van der Waals surface area contributed by atoms with E-state index in [4.69, 9.17) is 18.9 Å². The van der Waals surface area contributed by atoms with Crippen molar-refractivity contribution >= 4 is 12.1 Å². The zero-order chi connectivity index (χ0) is 17.4. The lowest BCUT2D eigenvalue weighted by Crippen LogP contribution is -2.56. The summed E-state index contributed by atoms with van der Waals surface area (Å²) < 4.78 is 20.1. The lowest BCUT2D eigenvalue weighted by Gasteiger charge is -2.35. The maximum absolute atomic E-state index is 12.5. The topological polar surface area (TPSA) is 92.8 Å². The van der Waals surface area contributed by atoms with Crippen LogP contribution in [-0.4, -0.2) is 94.3 Å². The van der Waals surface area contributed by atoms with Gasteiger partial charge in [0.1, 0.15) is 33.1 Å². The van der Waals surface area contributed by atoms with Crippen LogP contribution in [0.4, 0.5) is 9.59 Å². The van der Waals surface area contributed by atoms with E-state index in [9.17, 15) is 9.59 Å². The number of hydrogen-bond donors (Lipinski definition) is 1. The fourth-order valence-corrected chi connectivity index (χ4v) is 2.51. The number of urea groups is 2. The molecule has 1 aliphatic heterocycles. The molecule has 1 aliphatic rings. The van der Waals surface area contributed by atoms with Gasteiger partial charge in [-0.3, -0.25) is 14.7 Å². The first kappa shape index (κ1) is 19.4. The highest BCUT2D eigenvalue weighted by molar-refractivity contribution is 5.80. The van der Waals surface area contributed by atoms with Gasteiger partial charge in [-0.15, -0.1) is 0 Å². The summed E-state index contributed by atoms with van der Waals surface area (Å²) in [4.78, 5) is 29.3. The van der Waals surface area contributed by atoms with Gasteiger partial charge >= 0.3 is 12.1 Å². The van der Waals surface area contributed by atoms with Crippen molar-refractivity contribution in [2.24, 2.45) is 0 Å². The third kappa shape index (κ3) is 4.44. The quantitative estimate of drug-likeness (QED) is 0.590. The maximum atomic E-state index is 12.5. The molecule has 2 unspecified atom stereocenters. The van der Waals surface area contributed by atoms with Crippen LogP contribution >= 0.6 is 0 Å². The first-order valence-corrected chi connectivity index (χ1v) is 7.10. The molecule has 1 N–H and O–H groups in total. The average Bonchev–Trinajstić information content (AvgIpc) is 2.76. The maximum Gasteiger partial charge on any atom is 0.325 e. The molecule has 10 heteroatoms. The largest absolute Gasteiger partial charge is 0.364 e. The van der Waals surface area contributed by atoms with Gasteiger partial charge in [0.25, 0.3) is 0 Å². The summed E-state index contributed by atoms with van der Waals surface area (Å²) >= 11 is 0. The molecule has 4 amide bonds. The molecule has 0 radical (unpaired) electrons. The van der Waals surface area contributed by atoms with Crippen molar-refractivity contribution in [2.75, 3.05) is 55.4 Å². The second-order valence-electron chi connectivity index (χ2n) is 5.01. The Morgan fingerprint density at radius 3 is 2.22 bits per heavy atom. The Labute approximate surface area is 136 Å². The summed E-state index contributed by atoms with van der Waals surface area (Å²) in [5.41, 5.74) is 0. The molecule has 0 spiro atoms. The van der Waals surface area contributed by atoms with Crippen molar-refractivity contribution < 1.29 is 28.5 Å². The van der Waals surface area contributed by atoms with E-state index in [1.165, 1.54) is 43.1 Å². The molecule has 0 bridgehead atoms. The van der Waals surface area contributed by atoms with Gasteiger partial charge in [0.05, 0.1) is 6.04 Å². The summed E-state index contributed by atoms with van der Waals surface area (Å²) in [5, 5.41) is 2.60. The van der Waals surface area contributed by atoms with Crippen molar-refractivity contribution in [3.8, 4) is 0 Å². The Kier molecular flexibility index (Phi) is 8.03. The van der Waals surface area contributed by atoms with Crippen LogP contribution < -0.4 is 5.32 Å². The van der Waals surface area contributed by atoms with Gasteiger partial charge in [-0.2, -0.15) is 0 Å². The van der Waals surface area contributed by atoms with Crippen LogP contribution in [-0.2, 0) is 18.9 Å². The van der Waals surface area contributed by atoms with E-state index < -0.39 is 12.2 Å². The summed E-state index contributed by atoms with van der Waals surface area (Å²) in [6, 6.07) is -0.980. The fraction of sp³-hybridized carbons (Fsp3) is 0.846. The van der Waals surface area contributed by atoms with Gasteiger partial charge in [0.2, 0.25) is 0 Å². The molecule has 0 aromatic heterocycles. The monoisotopic (exact) mass is 334 g/mol. The first-order chi connectivity index (χ1) is 11.0. The fourth-order valence-electron chi connectivity index (χ4n) is 2.51. The second kappa shape index (κ2) is 9.50. The molecule has 2 atom stereocenters. The average molecular weight is 334 g/mol. The highest BCUT2D eigenvalue weighted by Crippen LogP contribution is 2.25. The van der Waals surface area contributed by atoms with E-state index in [0.717, 1.165) is 0 Å². The Balaban J connectivity index is 3.03. The van der Waals surface area contributed by atoms with E-state index in [2.05, 4.69) is 5.32 Å². The zero-order valence-corrected chi connectivity index (χ0v) is 14.3. The van der Waals surface area contributed by atoms with Gasteiger partial charge in [-0.25, -0.2) is 9.59 Å². The smallest absolute Gasteiger partial charge is 0.325 e. The highest BCUT2D eigenvalue weighted by atomic mass is 16.5. The van der Waals surface area contributed by atoms with Crippen molar-refractivity contribution in [1.82, 2.24) is 20.0 Å². The lowest BCUT2D eigenvalue weighted by atomic mass is 10.2. The van der Waals surface area contributed by atoms with Gasteiger partial charge in [0, 0.05) is 28.4 Å². The molecule has 1 fully saturated rings. The number of methoxy groups -OCH3 is 4. The number of nitrogens with one attached hydrogen (secondary N) is 1. The third-order valence-electron chi connectivity index (χ3n) is 3.49. The number of ether oxygens (including phenoxy) is 4. The summed E-state index contributed by atoms with van der Waals surface area (Å²) in [6.45, 7) is 2.07. The molecular weight excluding hydrogens is 308 g/mol. The number of rotatable bonds is 9. The predicted octanol–water partition coefficient (Wildman–Crippen LogP) is -0.134. The molecule has 1 heterocycles. The van der Waals surface area contributed by atoms with Gasteiger partial charge in [-0.05, 0) is 6.92 Å². The Bertz CT molecular complexity index is 397. The van der Waals surface area contributed by atoms with Crippen molar-refractivity contribution in [1.29, 1.82) is 0 Å². The molecule has 1 rings (SSSR count). The molecular formula is C13H26N4O6. The second-order valence-corrected chi connectivity index (χ2v) is 5.01. The van der Waals surface area contributed by atoms with Crippen molar-refractivity contribution in [3.63, 3.8) is 0 Å². The highest BCUT2D eigenvalue weighted by Gasteiger charge is 2.47. The molecule has 0 aromatic carbocycles. The van der Waals surface area contributed by atoms with Gasteiger partial charge in [-0.1, -0.05) is 0 Å². The normalized spacial score (nSPS) is 21.0. The van der Waals surface area contributed by atoms with Crippen molar-refractivity contribution in [2.45, 2.75) is 19.1 Å². The Hall–Kier alpha value is -1.62. The number of hydrogen-bond acceptors (Lipinski definition) is 6. The van der Waals surface area contributed by atoms with E-state index in [1.807, 2.05) is 6.92 Å². The number of carbonyl (C=O) groups is 2. The summed E-state index contributed by atoms with van der Waals surface area (Å²) in [7, 11) is 5.94. The predicted molar refractivity (Wildman–Crippen MR) is 80.2 cm³/mol. The minimum Gasteiger partial charge on any atom is -0.364 e. The SMILES string of the molecule is COCNC(=O)N(COC)C1C(C)N(COC)C(=O)N1COC. The lowest BCUT2D eigenvalue weighted by molar-refractivity contribution is -0.0214. The number of amides is 4. The van der Waals surface area contributed by atoms with E-state index >= 15 is 0 Å². The molecule has 1 saturated heterocycles. The number of carbonyl (C=O) groups excluding carboxylic acids is 2. The van der Waals surface area contributed by atoms with E-state index in [0.29, 0.717) is 0 Å². The Morgan fingerprint density at radius 2 is 1.70 bits per heavy atom. The molecule has 23 heavy (non-hydrogen) atoms. The number of nitrogens with zero attached hydrogens (tertiary/aromatic N) is 3. The van der Waals surface area contributed by atoms with Gasteiger partial charge in [0.15, 0.2) is 0 Å². The first-order valence-electron chi connectivity index (χ1n) is 7.10. The van der Waals surface area contributed by atoms with E-state index in [-0.39, 0.29) is 39.0 Å². The van der Waals surface area contributed by atoms with Crippen LogP contribution in [0.5, 0.6) is 0 Å². The molecule has 0 saturated carbocycles. The minimum absolute atomic E-state index is 0.0128. The molecule has 0 aromatic rings. The van der Waals surface area contributed by atoms with Crippen molar-refractivity contribution in [3.05, 3.63) is 0 Å². The van der Waals surface area contributed by atoms with Gasteiger partial charge < -0.3 is 24.3 Å².